The molecule has 0 aromatic heterocycles. The Labute approximate surface area is 68.2 Å². The maximum Gasteiger partial charge on any atom is 0.386 e. The molecule has 0 saturated carbocycles. The van der Waals surface area contributed by atoms with Crippen LogP contribution >= 0.6 is 16.3 Å². The normalized spacial score (nSPS) is 9.60. The van der Waals surface area contributed by atoms with Gasteiger partial charge in [-0.2, -0.15) is 0 Å². The summed E-state index contributed by atoms with van der Waals surface area (Å²) in [5, 5.41) is 0. The van der Waals surface area contributed by atoms with Crippen LogP contribution < -0.4 is 0 Å². The number of carbonyl (C=O) groups is 2. The Hall–Kier alpha value is -0.380. The van der Waals surface area contributed by atoms with Crippen LogP contribution in [0.15, 0.2) is 0 Å². The molecule has 0 atom stereocenters. The second-order valence-corrected chi connectivity index (χ2v) is 2.71. The molecule has 0 aliphatic heterocycles. The van der Waals surface area contributed by atoms with Gasteiger partial charge in [0.2, 0.25) is 5.78 Å². The van der Waals surface area contributed by atoms with Gasteiger partial charge in [0.1, 0.15) is 0 Å². The van der Waals surface area contributed by atoms with Crippen LogP contribution in [-0.4, -0.2) is 11.8 Å². The summed E-state index contributed by atoms with van der Waals surface area (Å²) in [5.41, 5.74) is 0. The van der Waals surface area contributed by atoms with E-state index in [2.05, 4.69) is 20.1 Å². The van der Waals surface area contributed by atoms with Crippen molar-refractivity contribution in [2.24, 2.45) is 5.92 Å². The molecule has 0 spiro atoms. The number of halogens is 1. The van der Waals surface area contributed by atoms with Crippen LogP contribution in [0.4, 0.5) is 0 Å². The topological polar surface area (TPSA) is 43.4 Å². The van der Waals surface area contributed by atoms with Crippen molar-refractivity contribution in [1.82, 2.24) is 0 Å². The van der Waals surface area contributed by atoms with E-state index in [1.54, 1.807) is 0 Å². The third-order valence-electron chi connectivity index (χ3n) is 0.891. The summed E-state index contributed by atoms with van der Waals surface area (Å²) in [7, 11) is 0. The molecule has 4 heteroatoms. The van der Waals surface area contributed by atoms with Crippen molar-refractivity contribution >= 4 is 28.0 Å². The van der Waals surface area contributed by atoms with Crippen molar-refractivity contribution in [3.63, 3.8) is 0 Å². The maximum absolute atomic E-state index is 10.7. The minimum Gasteiger partial charge on any atom is -0.378 e. The van der Waals surface area contributed by atoms with E-state index in [4.69, 9.17) is 0 Å². The number of rotatable bonds is 3. The lowest BCUT2D eigenvalue weighted by Gasteiger charge is -1.98. The standard InChI is InChI=1S/C6H9BrO3/c1-4(2)3-5(8)6(9)10-7/h4H,3H2,1-2H3. The van der Waals surface area contributed by atoms with E-state index in [1.165, 1.54) is 0 Å². The van der Waals surface area contributed by atoms with Gasteiger partial charge in [0.05, 0.1) is 0 Å². The van der Waals surface area contributed by atoms with Gasteiger partial charge in [-0.1, -0.05) is 13.8 Å². The van der Waals surface area contributed by atoms with E-state index in [-0.39, 0.29) is 12.3 Å². The summed E-state index contributed by atoms with van der Waals surface area (Å²) in [4.78, 5) is 21.1. The number of hydrogen-bond donors (Lipinski definition) is 0. The maximum atomic E-state index is 10.7. The Kier molecular flexibility index (Phi) is 4.27. The highest BCUT2D eigenvalue weighted by Gasteiger charge is 2.15. The SMILES string of the molecule is CC(C)CC(=O)C(=O)OBr. The number of carbonyl (C=O) groups excluding carboxylic acids is 2. The summed E-state index contributed by atoms with van der Waals surface area (Å²) >= 11 is 2.43. The Morgan fingerprint density at radius 3 is 2.30 bits per heavy atom. The first-order chi connectivity index (χ1) is 4.57. The second kappa shape index (κ2) is 4.44. The van der Waals surface area contributed by atoms with Crippen molar-refractivity contribution < 1.29 is 13.4 Å². The lowest BCUT2D eigenvalue weighted by molar-refractivity contribution is -0.146. The highest BCUT2D eigenvalue weighted by molar-refractivity contribution is 9.06. The molecular formula is C6H9BrO3. The average molecular weight is 209 g/mol. The molecule has 10 heavy (non-hydrogen) atoms. The minimum atomic E-state index is -0.825. The van der Waals surface area contributed by atoms with Crippen LogP contribution in [-0.2, 0) is 13.4 Å². The molecular weight excluding hydrogens is 200 g/mol. The Bertz CT molecular complexity index is 142. The fourth-order valence-electron chi connectivity index (χ4n) is 0.497. The monoisotopic (exact) mass is 208 g/mol. The molecule has 0 fully saturated rings. The van der Waals surface area contributed by atoms with Crippen molar-refractivity contribution in [3.8, 4) is 0 Å². The van der Waals surface area contributed by atoms with Gasteiger partial charge >= 0.3 is 5.97 Å². The summed E-state index contributed by atoms with van der Waals surface area (Å²) in [5.74, 6) is -1.13. The van der Waals surface area contributed by atoms with Gasteiger partial charge in [-0.15, -0.1) is 0 Å². The van der Waals surface area contributed by atoms with Gasteiger partial charge in [-0.3, -0.25) is 4.79 Å². The first kappa shape index (κ1) is 9.62. The zero-order valence-electron chi connectivity index (χ0n) is 5.89. The van der Waals surface area contributed by atoms with Crippen LogP contribution in [0.25, 0.3) is 0 Å². The summed E-state index contributed by atoms with van der Waals surface area (Å²) in [6.07, 6.45) is 0.241. The molecule has 0 amide bonds. The third-order valence-corrected chi connectivity index (χ3v) is 1.19. The molecule has 58 valence electrons. The smallest absolute Gasteiger partial charge is 0.378 e. The van der Waals surface area contributed by atoms with Crippen molar-refractivity contribution in [1.29, 1.82) is 0 Å². The summed E-state index contributed by atoms with van der Waals surface area (Å²) in [6.45, 7) is 3.72. The molecule has 0 heterocycles. The van der Waals surface area contributed by atoms with Gasteiger partial charge in [-0.25, -0.2) is 4.79 Å². The predicted octanol–water partition coefficient (Wildman–Crippen LogP) is 1.45. The molecule has 0 bridgehead atoms. The van der Waals surface area contributed by atoms with Gasteiger partial charge in [0.15, 0.2) is 16.3 Å². The van der Waals surface area contributed by atoms with E-state index in [9.17, 15) is 9.59 Å². The predicted molar refractivity (Wildman–Crippen MR) is 39.5 cm³/mol. The van der Waals surface area contributed by atoms with E-state index < -0.39 is 11.8 Å². The molecule has 0 radical (unpaired) electrons. The molecule has 0 aromatic carbocycles. The van der Waals surface area contributed by atoms with E-state index >= 15 is 0 Å². The van der Waals surface area contributed by atoms with Crippen LogP contribution in [0.5, 0.6) is 0 Å². The molecule has 0 aliphatic carbocycles. The fourth-order valence-corrected chi connectivity index (χ4v) is 0.678. The van der Waals surface area contributed by atoms with Crippen molar-refractivity contribution in [2.45, 2.75) is 20.3 Å². The lowest BCUT2D eigenvalue weighted by atomic mass is 10.1. The quantitative estimate of drug-likeness (QED) is 0.660. The fraction of sp³-hybridized carbons (Fsp3) is 0.667. The zero-order chi connectivity index (χ0) is 8.15. The summed E-state index contributed by atoms with van der Waals surface area (Å²) in [6, 6.07) is 0. The van der Waals surface area contributed by atoms with Gasteiger partial charge < -0.3 is 3.83 Å². The molecule has 3 nitrogen and oxygen atoms in total. The van der Waals surface area contributed by atoms with Crippen LogP contribution in [0.2, 0.25) is 0 Å². The molecule has 0 rings (SSSR count). The van der Waals surface area contributed by atoms with Crippen molar-refractivity contribution in [2.75, 3.05) is 0 Å². The van der Waals surface area contributed by atoms with Gasteiger partial charge in [0, 0.05) is 6.42 Å². The molecule has 0 N–H and O–H groups in total. The first-order valence-electron chi connectivity index (χ1n) is 2.93. The highest BCUT2D eigenvalue weighted by atomic mass is 79.9. The van der Waals surface area contributed by atoms with Gasteiger partial charge in [0.25, 0.3) is 0 Å². The third kappa shape index (κ3) is 3.61. The number of hydrogen-bond acceptors (Lipinski definition) is 3. The van der Waals surface area contributed by atoms with E-state index in [0.29, 0.717) is 0 Å². The zero-order valence-corrected chi connectivity index (χ0v) is 7.47. The number of ketones is 1. The highest BCUT2D eigenvalue weighted by Crippen LogP contribution is 2.02. The average Bonchev–Trinajstić information content (AvgIpc) is 1.85. The molecule has 0 aromatic rings. The van der Waals surface area contributed by atoms with E-state index in [0.717, 1.165) is 0 Å². The van der Waals surface area contributed by atoms with Crippen LogP contribution in [0, 0.1) is 5.92 Å². The Morgan fingerprint density at radius 1 is 1.50 bits per heavy atom. The van der Waals surface area contributed by atoms with E-state index in [1.807, 2.05) is 13.8 Å². The van der Waals surface area contributed by atoms with Crippen LogP contribution in [0.3, 0.4) is 0 Å². The van der Waals surface area contributed by atoms with Gasteiger partial charge in [-0.05, 0) is 5.92 Å². The van der Waals surface area contributed by atoms with Crippen LogP contribution in [0.1, 0.15) is 20.3 Å². The Morgan fingerprint density at radius 2 is 2.00 bits per heavy atom. The Balaban J connectivity index is 3.74. The summed E-state index contributed by atoms with van der Waals surface area (Å²) < 4.78 is 4.04. The minimum absolute atomic E-state index is 0.194. The molecule has 0 saturated heterocycles. The lowest BCUT2D eigenvalue weighted by Crippen LogP contribution is -2.15. The number of Topliss-reactive ketones (excluding diaryl/α,β-unsaturated/α-hetero) is 1. The second-order valence-electron chi connectivity index (χ2n) is 2.39. The largest absolute Gasteiger partial charge is 0.386 e. The molecule has 0 aliphatic rings. The first-order valence-corrected chi connectivity index (χ1v) is 3.58. The van der Waals surface area contributed by atoms with Crippen molar-refractivity contribution in [3.05, 3.63) is 0 Å². The molecule has 0 unspecified atom stereocenters.